The molecule has 0 aliphatic carbocycles. The molecular weight excluding hydrogens is 345 g/mol. The van der Waals surface area contributed by atoms with Crippen LogP contribution >= 0.6 is 38.6 Å². The molecule has 0 aliphatic rings. The number of thiophene rings is 2. The van der Waals surface area contributed by atoms with E-state index in [0.29, 0.717) is 10.0 Å². The normalized spacial score (nSPS) is 13.0. The van der Waals surface area contributed by atoms with Gasteiger partial charge >= 0.3 is 0 Å². The Morgan fingerprint density at radius 3 is 2.84 bits per heavy atom. The Morgan fingerprint density at radius 1 is 1.26 bits per heavy atom. The molecule has 1 aromatic carbocycles. The highest BCUT2D eigenvalue weighted by Crippen LogP contribution is 2.37. The first-order valence-corrected chi connectivity index (χ1v) is 8.27. The van der Waals surface area contributed by atoms with Crippen LogP contribution in [0.3, 0.4) is 0 Å². The Bertz CT molecular complexity index is 691. The fraction of sp³-hybridized carbons (Fsp3) is 0.143. The summed E-state index contributed by atoms with van der Waals surface area (Å²) in [4.78, 5) is 1.14. The summed E-state index contributed by atoms with van der Waals surface area (Å²) < 4.78 is 17.2. The third-order valence-electron chi connectivity index (χ3n) is 3.02. The van der Waals surface area contributed by atoms with Gasteiger partial charge in [-0.2, -0.15) is 0 Å². The molecule has 2 heterocycles. The van der Waals surface area contributed by atoms with Crippen LogP contribution in [0.5, 0.6) is 0 Å². The molecule has 0 saturated carbocycles. The van der Waals surface area contributed by atoms with Crippen LogP contribution < -0.4 is 5.32 Å². The molecule has 5 heteroatoms. The Kier molecular flexibility index (Phi) is 3.71. The van der Waals surface area contributed by atoms with Gasteiger partial charge in [0.05, 0.1) is 10.5 Å². The number of nitrogens with one attached hydrogen (secondary N) is 1. The van der Waals surface area contributed by atoms with E-state index in [1.54, 1.807) is 28.7 Å². The van der Waals surface area contributed by atoms with Crippen molar-refractivity contribution in [2.24, 2.45) is 0 Å². The van der Waals surface area contributed by atoms with Gasteiger partial charge in [-0.05, 0) is 46.6 Å². The van der Waals surface area contributed by atoms with Gasteiger partial charge in [-0.3, -0.25) is 0 Å². The zero-order valence-corrected chi connectivity index (χ0v) is 13.3. The fourth-order valence-corrected chi connectivity index (χ4v) is 4.75. The number of fused-ring (bicyclic) bond motifs is 1. The Labute approximate surface area is 127 Å². The largest absolute Gasteiger partial charge is 0.309 e. The molecule has 98 valence electrons. The van der Waals surface area contributed by atoms with Crippen LogP contribution in [-0.4, -0.2) is 7.05 Å². The zero-order chi connectivity index (χ0) is 13.4. The lowest BCUT2D eigenvalue weighted by Gasteiger charge is -2.16. The smallest absolute Gasteiger partial charge is 0.142 e. The van der Waals surface area contributed by atoms with Crippen molar-refractivity contribution in [1.82, 2.24) is 5.32 Å². The third-order valence-corrected chi connectivity index (χ3v) is 5.79. The average molecular weight is 356 g/mol. The summed E-state index contributed by atoms with van der Waals surface area (Å²) in [5.41, 5.74) is 0.672. The van der Waals surface area contributed by atoms with Crippen LogP contribution in [0, 0.1) is 5.82 Å². The minimum atomic E-state index is -0.196. The van der Waals surface area contributed by atoms with Crippen LogP contribution in [0.15, 0.2) is 40.2 Å². The van der Waals surface area contributed by atoms with Crippen molar-refractivity contribution in [2.45, 2.75) is 6.04 Å². The first kappa shape index (κ1) is 13.2. The predicted octanol–water partition coefficient (Wildman–Crippen LogP) is 5.17. The molecule has 0 bridgehead atoms. The van der Waals surface area contributed by atoms with Gasteiger partial charge in [0.1, 0.15) is 5.82 Å². The van der Waals surface area contributed by atoms with Gasteiger partial charge in [-0.25, -0.2) is 4.39 Å². The van der Waals surface area contributed by atoms with Crippen molar-refractivity contribution >= 4 is 48.0 Å². The van der Waals surface area contributed by atoms with Crippen LogP contribution in [-0.2, 0) is 0 Å². The molecule has 19 heavy (non-hydrogen) atoms. The molecule has 0 amide bonds. The number of hydrogen-bond acceptors (Lipinski definition) is 3. The maximum Gasteiger partial charge on any atom is 0.142 e. The molecule has 1 nitrogen and oxygen atoms in total. The Hall–Kier alpha value is -0.750. The molecule has 0 saturated heterocycles. The first-order chi connectivity index (χ1) is 9.20. The summed E-state index contributed by atoms with van der Waals surface area (Å²) in [6.45, 7) is 0. The quantitative estimate of drug-likeness (QED) is 0.682. The van der Waals surface area contributed by atoms with Crippen LogP contribution in [0.2, 0.25) is 0 Å². The molecule has 0 fully saturated rings. The molecule has 3 aromatic rings. The van der Waals surface area contributed by atoms with Gasteiger partial charge in [0.25, 0.3) is 0 Å². The second-order valence-corrected chi connectivity index (χ2v) is 7.08. The van der Waals surface area contributed by atoms with Gasteiger partial charge in [0.15, 0.2) is 0 Å². The molecular formula is C14H11BrFNS2. The standard InChI is InChI=1S/C14H11BrFNS2/c1-17-14(8-3-2-4-9(15)13(8)16)12-7-11-10(19-12)5-6-18-11/h2-7,14,17H,1H3. The van der Waals surface area contributed by atoms with Crippen LogP contribution in [0.1, 0.15) is 16.5 Å². The highest BCUT2D eigenvalue weighted by Gasteiger charge is 2.20. The average Bonchev–Trinajstić information content (AvgIpc) is 2.96. The lowest BCUT2D eigenvalue weighted by Crippen LogP contribution is -2.17. The van der Waals surface area contributed by atoms with E-state index in [0.717, 1.165) is 4.88 Å². The second-order valence-electron chi connectivity index (χ2n) is 4.16. The van der Waals surface area contributed by atoms with Gasteiger partial charge < -0.3 is 5.32 Å². The van der Waals surface area contributed by atoms with E-state index in [1.165, 1.54) is 9.40 Å². The summed E-state index contributed by atoms with van der Waals surface area (Å²) in [6, 6.07) is 9.56. The second kappa shape index (κ2) is 5.32. The highest BCUT2D eigenvalue weighted by molar-refractivity contribution is 9.10. The summed E-state index contributed by atoms with van der Waals surface area (Å²) in [5.74, 6) is -0.196. The monoisotopic (exact) mass is 355 g/mol. The van der Waals surface area contributed by atoms with E-state index in [4.69, 9.17) is 0 Å². The number of rotatable bonds is 3. The molecule has 1 unspecified atom stereocenters. The lowest BCUT2D eigenvalue weighted by molar-refractivity contribution is 0.574. The predicted molar refractivity (Wildman–Crippen MR) is 84.7 cm³/mol. The van der Waals surface area contributed by atoms with E-state index in [2.05, 4.69) is 38.8 Å². The van der Waals surface area contributed by atoms with Crippen molar-refractivity contribution in [1.29, 1.82) is 0 Å². The Morgan fingerprint density at radius 2 is 2.11 bits per heavy atom. The third kappa shape index (κ3) is 2.36. The van der Waals surface area contributed by atoms with Gasteiger partial charge in [-0.15, -0.1) is 22.7 Å². The topological polar surface area (TPSA) is 12.0 Å². The highest BCUT2D eigenvalue weighted by atomic mass is 79.9. The summed E-state index contributed by atoms with van der Waals surface area (Å²) in [5, 5.41) is 5.29. The zero-order valence-electron chi connectivity index (χ0n) is 10.1. The lowest BCUT2D eigenvalue weighted by atomic mass is 10.1. The number of hydrogen-bond donors (Lipinski definition) is 1. The van der Waals surface area contributed by atoms with Gasteiger partial charge in [0.2, 0.25) is 0 Å². The molecule has 0 spiro atoms. The fourth-order valence-electron chi connectivity index (χ4n) is 2.12. The summed E-state index contributed by atoms with van der Waals surface area (Å²) >= 11 is 6.68. The van der Waals surface area contributed by atoms with Crippen LogP contribution in [0.4, 0.5) is 4.39 Å². The summed E-state index contributed by atoms with van der Waals surface area (Å²) in [7, 11) is 1.86. The van der Waals surface area contributed by atoms with Crippen molar-refractivity contribution in [3.8, 4) is 0 Å². The number of benzene rings is 1. The molecule has 1 N–H and O–H groups in total. The minimum absolute atomic E-state index is 0.109. The summed E-state index contributed by atoms with van der Waals surface area (Å²) in [6.07, 6.45) is 0. The van der Waals surface area contributed by atoms with Crippen LogP contribution in [0.25, 0.3) is 9.40 Å². The minimum Gasteiger partial charge on any atom is -0.309 e. The number of halogens is 2. The van der Waals surface area contributed by atoms with Gasteiger partial charge in [-0.1, -0.05) is 12.1 Å². The van der Waals surface area contributed by atoms with Crippen molar-refractivity contribution < 1.29 is 4.39 Å². The molecule has 3 rings (SSSR count). The van der Waals surface area contributed by atoms with Crippen molar-refractivity contribution in [3.63, 3.8) is 0 Å². The van der Waals surface area contributed by atoms with E-state index in [1.807, 2.05) is 19.2 Å². The van der Waals surface area contributed by atoms with E-state index < -0.39 is 0 Å². The van der Waals surface area contributed by atoms with E-state index in [-0.39, 0.29) is 11.9 Å². The molecule has 2 aromatic heterocycles. The first-order valence-electron chi connectivity index (χ1n) is 5.79. The molecule has 1 atom stereocenters. The Balaban J connectivity index is 2.09. The molecule has 0 aliphatic heterocycles. The van der Waals surface area contributed by atoms with E-state index in [9.17, 15) is 4.39 Å². The van der Waals surface area contributed by atoms with Gasteiger partial charge in [0, 0.05) is 19.8 Å². The molecule has 0 radical (unpaired) electrons. The SMILES string of the molecule is CNC(c1cc2sccc2s1)c1cccc(Br)c1F. The maximum atomic E-state index is 14.2. The van der Waals surface area contributed by atoms with Crippen molar-refractivity contribution in [3.05, 3.63) is 56.4 Å². The van der Waals surface area contributed by atoms with E-state index >= 15 is 0 Å². The maximum absolute atomic E-state index is 14.2. The van der Waals surface area contributed by atoms with Crippen molar-refractivity contribution in [2.75, 3.05) is 7.05 Å².